The molecule has 1 N–H and O–H groups in total. The average Bonchev–Trinajstić information content (AvgIpc) is 2.72. The van der Waals surface area contributed by atoms with E-state index in [4.69, 9.17) is 0 Å². The minimum atomic E-state index is -3.93. The number of sulfonamides is 1. The summed E-state index contributed by atoms with van der Waals surface area (Å²) in [6.07, 6.45) is 0. The molecule has 124 valence electrons. The van der Waals surface area contributed by atoms with Gasteiger partial charge in [0.2, 0.25) is 0 Å². The summed E-state index contributed by atoms with van der Waals surface area (Å²) in [5.74, 6) is -1.39. The molecule has 0 unspecified atom stereocenters. The van der Waals surface area contributed by atoms with E-state index in [1.165, 1.54) is 0 Å². The zero-order chi connectivity index (χ0) is 17.5. The normalized spacial score (nSPS) is 16.2. The van der Waals surface area contributed by atoms with Crippen molar-refractivity contribution < 1.29 is 17.2 Å². The zero-order valence-electron chi connectivity index (χ0n) is 12.3. The third-order valence-electron chi connectivity index (χ3n) is 3.43. The summed E-state index contributed by atoms with van der Waals surface area (Å²) in [6.45, 7) is 1.56. The van der Waals surface area contributed by atoms with E-state index >= 15 is 0 Å². The van der Waals surface area contributed by atoms with Crippen molar-refractivity contribution in [3.05, 3.63) is 69.7 Å². The van der Waals surface area contributed by atoms with Crippen molar-refractivity contribution in [3.8, 4) is 0 Å². The summed E-state index contributed by atoms with van der Waals surface area (Å²) in [7, 11) is -3.93. The molecule has 0 saturated carbocycles. The Morgan fingerprint density at radius 2 is 1.88 bits per heavy atom. The molecular weight excluding hydrogens is 402 g/mol. The second-order valence-corrected chi connectivity index (χ2v) is 7.59. The standard InChI is InChI=1S/C16H11BrF2N2O2S/c1-9-15(10-3-2-4-11(17)7-10)24(22,23)21-16(9)20-14-8-12(18)5-6-13(14)19/h2-8H,1H3,(H,20,21). The fraction of sp³-hybridized carbons (Fsp3) is 0.0625. The Morgan fingerprint density at radius 1 is 1.12 bits per heavy atom. The van der Waals surface area contributed by atoms with Crippen LogP contribution in [0, 0.1) is 11.6 Å². The number of amidine groups is 1. The summed E-state index contributed by atoms with van der Waals surface area (Å²) in [4.78, 5) is 0.0307. The van der Waals surface area contributed by atoms with Crippen molar-refractivity contribution in [3.63, 3.8) is 0 Å². The molecule has 0 amide bonds. The van der Waals surface area contributed by atoms with Gasteiger partial charge in [0.15, 0.2) is 0 Å². The molecule has 0 aliphatic carbocycles. The minimum Gasteiger partial charge on any atom is -0.337 e. The number of rotatable bonds is 2. The van der Waals surface area contributed by atoms with Crippen LogP contribution in [0.15, 0.2) is 56.9 Å². The van der Waals surface area contributed by atoms with Crippen molar-refractivity contribution in [1.82, 2.24) is 0 Å². The first-order valence-corrected chi connectivity index (χ1v) is 9.05. The van der Waals surface area contributed by atoms with Crippen LogP contribution in [0.25, 0.3) is 4.91 Å². The van der Waals surface area contributed by atoms with E-state index in [9.17, 15) is 17.2 Å². The van der Waals surface area contributed by atoms with Gasteiger partial charge in [-0.3, -0.25) is 0 Å². The lowest BCUT2D eigenvalue weighted by molar-refractivity contribution is 0.604. The highest BCUT2D eigenvalue weighted by Crippen LogP contribution is 2.34. The number of benzene rings is 2. The molecule has 24 heavy (non-hydrogen) atoms. The van der Waals surface area contributed by atoms with Gasteiger partial charge in [-0.15, -0.1) is 4.40 Å². The lowest BCUT2D eigenvalue weighted by Crippen LogP contribution is -2.12. The number of nitrogens with one attached hydrogen (secondary N) is 1. The Labute approximate surface area is 146 Å². The number of anilines is 1. The third kappa shape index (κ3) is 3.11. The van der Waals surface area contributed by atoms with Crippen LogP contribution in [0.2, 0.25) is 0 Å². The quantitative estimate of drug-likeness (QED) is 0.798. The Bertz CT molecular complexity index is 1000. The van der Waals surface area contributed by atoms with E-state index in [2.05, 4.69) is 25.6 Å². The van der Waals surface area contributed by atoms with Crippen LogP contribution in [0.4, 0.5) is 14.5 Å². The first-order chi connectivity index (χ1) is 11.3. The van der Waals surface area contributed by atoms with Crippen molar-refractivity contribution in [1.29, 1.82) is 0 Å². The van der Waals surface area contributed by atoms with Gasteiger partial charge in [-0.2, -0.15) is 8.42 Å². The molecule has 0 saturated heterocycles. The number of hydrogen-bond donors (Lipinski definition) is 1. The second-order valence-electron chi connectivity index (χ2n) is 5.13. The molecule has 8 heteroatoms. The molecule has 2 aromatic rings. The fourth-order valence-electron chi connectivity index (χ4n) is 2.37. The maximum Gasteiger partial charge on any atom is 0.285 e. The van der Waals surface area contributed by atoms with Crippen LogP contribution in [0.1, 0.15) is 12.5 Å². The van der Waals surface area contributed by atoms with Crippen molar-refractivity contribution in [2.75, 3.05) is 5.32 Å². The second kappa shape index (κ2) is 6.10. The highest BCUT2D eigenvalue weighted by atomic mass is 79.9. The Hall–Kier alpha value is -2.06. The number of hydrogen-bond acceptors (Lipinski definition) is 3. The van der Waals surface area contributed by atoms with Gasteiger partial charge < -0.3 is 5.32 Å². The van der Waals surface area contributed by atoms with Gasteiger partial charge in [-0.25, -0.2) is 8.78 Å². The maximum absolute atomic E-state index is 13.8. The van der Waals surface area contributed by atoms with Gasteiger partial charge in [0.1, 0.15) is 22.4 Å². The van der Waals surface area contributed by atoms with E-state index in [0.717, 1.165) is 18.2 Å². The molecule has 0 radical (unpaired) electrons. The maximum atomic E-state index is 13.8. The number of halogens is 3. The van der Waals surface area contributed by atoms with Crippen LogP contribution in [-0.4, -0.2) is 14.3 Å². The van der Waals surface area contributed by atoms with Crippen LogP contribution in [0.5, 0.6) is 0 Å². The summed E-state index contributed by atoms with van der Waals surface area (Å²) < 4.78 is 56.1. The fourth-order valence-corrected chi connectivity index (χ4v) is 4.19. The van der Waals surface area contributed by atoms with Gasteiger partial charge in [0.05, 0.1) is 5.69 Å². The molecule has 0 spiro atoms. The Morgan fingerprint density at radius 3 is 2.58 bits per heavy atom. The van der Waals surface area contributed by atoms with E-state index in [0.29, 0.717) is 15.6 Å². The van der Waals surface area contributed by atoms with Gasteiger partial charge in [-0.1, -0.05) is 28.1 Å². The van der Waals surface area contributed by atoms with E-state index in [1.807, 2.05) is 0 Å². The van der Waals surface area contributed by atoms with E-state index < -0.39 is 21.7 Å². The van der Waals surface area contributed by atoms with Gasteiger partial charge in [0.25, 0.3) is 10.0 Å². The van der Waals surface area contributed by atoms with E-state index in [-0.39, 0.29) is 16.4 Å². The molecule has 1 heterocycles. The average molecular weight is 413 g/mol. The predicted octanol–water partition coefficient (Wildman–Crippen LogP) is 4.31. The molecule has 2 aromatic carbocycles. The first-order valence-electron chi connectivity index (χ1n) is 6.82. The molecule has 0 bridgehead atoms. The summed E-state index contributed by atoms with van der Waals surface area (Å²) >= 11 is 3.29. The van der Waals surface area contributed by atoms with Gasteiger partial charge in [-0.05, 0) is 36.8 Å². The Kier molecular flexibility index (Phi) is 4.27. The highest BCUT2D eigenvalue weighted by molar-refractivity contribution is 9.10. The number of nitrogens with zero attached hydrogens (tertiary/aromatic N) is 1. The van der Waals surface area contributed by atoms with Crippen LogP contribution in [0.3, 0.4) is 0 Å². The monoisotopic (exact) mass is 412 g/mol. The largest absolute Gasteiger partial charge is 0.337 e. The first kappa shape index (κ1) is 16.8. The van der Waals surface area contributed by atoms with E-state index in [1.54, 1.807) is 31.2 Å². The molecule has 4 nitrogen and oxygen atoms in total. The van der Waals surface area contributed by atoms with Gasteiger partial charge in [0, 0.05) is 16.1 Å². The molecule has 1 aliphatic rings. The molecule has 0 atom stereocenters. The van der Waals surface area contributed by atoms with Crippen molar-refractivity contribution in [2.24, 2.45) is 4.40 Å². The molecule has 1 aliphatic heterocycles. The molecule has 3 rings (SSSR count). The third-order valence-corrected chi connectivity index (χ3v) is 5.41. The highest BCUT2D eigenvalue weighted by Gasteiger charge is 2.31. The van der Waals surface area contributed by atoms with Crippen LogP contribution < -0.4 is 5.32 Å². The Balaban J connectivity index is 2.06. The topological polar surface area (TPSA) is 58.5 Å². The summed E-state index contributed by atoms with van der Waals surface area (Å²) in [6, 6.07) is 9.63. The SMILES string of the molecule is CC1=C(c2cccc(Br)c2)S(=O)(=O)N=C1Nc1cc(F)ccc1F. The van der Waals surface area contributed by atoms with Gasteiger partial charge >= 0.3 is 0 Å². The van der Waals surface area contributed by atoms with Crippen molar-refractivity contribution >= 4 is 42.4 Å². The van der Waals surface area contributed by atoms with Crippen molar-refractivity contribution in [2.45, 2.75) is 6.92 Å². The molecular formula is C16H11BrF2N2O2S. The summed E-state index contributed by atoms with van der Waals surface area (Å²) in [5.41, 5.74) is 0.609. The zero-order valence-corrected chi connectivity index (χ0v) is 14.7. The summed E-state index contributed by atoms with van der Waals surface area (Å²) in [5, 5.41) is 2.56. The van der Waals surface area contributed by atoms with Crippen LogP contribution >= 0.6 is 15.9 Å². The minimum absolute atomic E-state index is 0.0307. The lowest BCUT2D eigenvalue weighted by atomic mass is 10.1. The molecule has 0 aromatic heterocycles. The van der Waals surface area contributed by atoms with Crippen LogP contribution in [-0.2, 0) is 10.0 Å². The predicted molar refractivity (Wildman–Crippen MR) is 93.1 cm³/mol. The molecule has 0 fully saturated rings. The lowest BCUT2D eigenvalue weighted by Gasteiger charge is -2.08. The smallest absolute Gasteiger partial charge is 0.285 e.